The molecule has 1 aliphatic rings. The van der Waals surface area contributed by atoms with E-state index in [0.29, 0.717) is 23.2 Å². The zero-order valence-electron chi connectivity index (χ0n) is 14.9. The van der Waals surface area contributed by atoms with Crippen LogP contribution in [0.15, 0.2) is 36.7 Å². The molecule has 3 rings (SSSR count). The first kappa shape index (κ1) is 17.8. The molecule has 5 nitrogen and oxygen atoms in total. The number of piperidine rings is 1. The lowest BCUT2D eigenvalue weighted by atomic mass is 9.91. The molecule has 1 aliphatic heterocycles. The largest absolute Gasteiger partial charge is 0.478 e. The van der Waals surface area contributed by atoms with Gasteiger partial charge in [0, 0.05) is 37.3 Å². The van der Waals surface area contributed by atoms with Crippen molar-refractivity contribution in [3.05, 3.63) is 47.2 Å². The summed E-state index contributed by atoms with van der Waals surface area (Å²) in [4.78, 5) is 14.9. The smallest absolute Gasteiger partial charge is 0.266 e. The summed E-state index contributed by atoms with van der Waals surface area (Å²) in [5.74, 6) is 0.984. The summed E-state index contributed by atoms with van der Waals surface area (Å²) in [6.45, 7) is 5.11. The highest BCUT2D eigenvalue weighted by atomic mass is 35.5. The molecule has 0 bridgehead atoms. The summed E-state index contributed by atoms with van der Waals surface area (Å²) < 4.78 is 7.76. The molecule has 0 saturated carbocycles. The van der Waals surface area contributed by atoms with Crippen molar-refractivity contribution in [2.24, 2.45) is 7.05 Å². The Hall–Kier alpha value is -2.01. The van der Waals surface area contributed by atoms with Crippen LogP contribution >= 0.6 is 11.6 Å². The molecule has 134 valence electrons. The van der Waals surface area contributed by atoms with Gasteiger partial charge in [0.15, 0.2) is 5.60 Å². The summed E-state index contributed by atoms with van der Waals surface area (Å²) in [6.07, 6.45) is 6.00. The Balaban J connectivity index is 1.69. The lowest BCUT2D eigenvalue weighted by Crippen LogP contribution is -2.51. The third kappa shape index (κ3) is 4.15. The molecule has 1 aromatic heterocycles. The van der Waals surface area contributed by atoms with Gasteiger partial charge in [0.25, 0.3) is 5.91 Å². The Labute approximate surface area is 153 Å². The number of hydrogen-bond acceptors (Lipinski definition) is 3. The van der Waals surface area contributed by atoms with Gasteiger partial charge in [-0.15, -0.1) is 0 Å². The molecule has 2 aromatic rings. The average Bonchev–Trinajstić information content (AvgIpc) is 3.03. The molecule has 1 fully saturated rings. The van der Waals surface area contributed by atoms with E-state index in [4.69, 9.17) is 16.3 Å². The quantitative estimate of drug-likeness (QED) is 0.835. The number of amides is 1. The first-order chi connectivity index (χ1) is 11.8. The summed E-state index contributed by atoms with van der Waals surface area (Å²) in [6, 6.07) is 7.09. The van der Waals surface area contributed by atoms with Crippen LogP contribution in [0.4, 0.5) is 0 Å². The van der Waals surface area contributed by atoms with E-state index in [9.17, 15) is 4.79 Å². The highest BCUT2D eigenvalue weighted by Crippen LogP contribution is 2.29. The number of rotatable bonds is 4. The van der Waals surface area contributed by atoms with Crippen molar-refractivity contribution in [3.63, 3.8) is 0 Å². The number of benzene rings is 1. The van der Waals surface area contributed by atoms with Crippen LogP contribution in [0.25, 0.3) is 0 Å². The molecule has 25 heavy (non-hydrogen) atoms. The molecular formula is C19H24ClN3O2. The number of halogens is 1. The van der Waals surface area contributed by atoms with Crippen LogP contribution in [-0.4, -0.2) is 39.3 Å². The molecule has 1 amide bonds. The van der Waals surface area contributed by atoms with Crippen molar-refractivity contribution in [2.75, 3.05) is 13.1 Å². The number of aryl methyl sites for hydroxylation is 1. The van der Waals surface area contributed by atoms with Crippen LogP contribution in [0.5, 0.6) is 5.75 Å². The predicted octanol–water partition coefficient (Wildman–Crippen LogP) is 3.64. The van der Waals surface area contributed by atoms with Crippen LogP contribution < -0.4 is 4.74 Å². The van der Waals surface area contributed by atoms with E-state index < -0.39 is 5.60 Å². The molecule has 1 atom stereocenters. The van der Waals surface area contributed by atoms with Gasteiger partial charge in [0.05, 0.1) is 6.20 Å². The third-order valence-electron chi connectivity index (χ3n) is 4.61. The molecule has 0 N–H and O–H groups in total. The minimum Gasteiger partial charge on any atom is -0.478 e. The number of ether oxygens (including phenoxy) is 1. The van der Waals surface area contributed by atoms with E-state index in [0.717, 1.165) is 19.4 Å². The van der Waals surface area contributed by atoms with E-state index in [-0.39, 0.29) is 5.91 Å². The molecule has 2 heterocycles. The number of likely N-dealkylation sites (tertiary alicyclic amines) is 1. The molecule has 1 unspecified atom stereocenters. The summed E-state index contributed by atoms with van der Waals surface area (Å²) in [5.41, 5.74) is 0.265. The first-order valence-electron chi connectivity index (χ1n) is 8.57. The Morgan fingerprint density at radius 1 is 1.32 bits per heavy atom. The normalized spacial score (nSPS) is 18.2. The second-order valence-electron chi connectivity index (χ2n) is 7.10. The van der Waals surface area contributed by atoms with Crippen molar-refractivity contribution < 1.29 is 9.53 Å². The average molecular weight is 362 g/mol. The zero-order chi connectivity index (χ0) is 18.0. The van der Waals surface area contributed by atoms with Gasteiger partial charge in [0.1, 0.15) is 5.75 Å². The van der Waals surface area contributed by atoms with E-state index in [1.165, 1.54) is 5.56 Å². The molecular weight excluding hydrogens is 338 g/mol. The SMILES string of the molecule is Cn1cc(C2CCCN(C(=O)C(C)(C)Oc3ccc(Cl)cc3)C2)cn1. The maximum absolute atomic E-state index is 13.0. The second-order valence-corrected chi connectivity index (χ2v) is 7.54. The van der Waals surface area contributed by atoms with Crippen LogP contribution in [0.2, 0.25) is 5.02 Å². The van der Waals surface area contributed by atoms with Gasteiger partial charge < -0.3 is 9.64 Å². The fourth-order valence-electron chi connectivity index (χ4n) is 3.31. The Bertz CT molecular complexity index is 739. The van der Waals surface area contributed by atoms with Gasteiger partial charge in [0.2, 0.25) is 0 Å². The summed E-state index contributed by atoms with van der Waals surface area (Å²) >= 11 is 5.91. The van der Waals surface area contributed by atoms with Gasteiger partial charge in [-0.3, -0.25) is 9.48 Å². The van der Waals surface area contributed by atoms with Crippen LogP contribution in [-0.2, 0) is 11.8 Å². The number of hydrogen-bond donors (Lipinski definition) is 0. The molecule has 6 heteroatoms. The van der Waals surface area contributed by atoms with Gasteiger partial charge in [-0.05, 0) is 56.5 Å². The molecule has 0 aliphatic carbocycles. The Morgan fingerprint density at radius 3 is 2.68 bits per heavy atom. The molecule has 0 spiro atoms. The second kappa shape index (κ2) is 7.08. The minimum absolute atomic E-state index is 0.0102. The third-order valence-corrected chi connectivity index (χ3v) is 4.86. The van der Waals surface area contributed by atoms with Gasteiger partial charge >= 0.3 is 0 Å². The maximum Gasteiger partial charge on any atom is 0.266 e. The highest BCUT2D eigenvalue weighted by molar-refractivity contribution is 6.30. The van der Waals surface area contributed by atoms with Crippen LogP contribution in [0, 0.1) is 0 Å². The Kier molecular flexibility index (Phi) is 5.04. The first-order valence-corrected chi connectivity index (χ1v) is 8.95. The molecule has 1 saturated heterocycles. The van der Waals surface area contributed by atoms with Crippen LogP contribution in [0.1, 0.15) is 38.2 Å². The van der Waals surface area contributed by atoms with Gasteiger partial charge in [-0.1, -0.05) is 11.6 Å². The number of carbonyl (C=O) groups excluding carboxylic acids is 1. The lowest BCUT2D eigenvalue weighted by Gasteiger charge is -2.37. The van der Waals surface area contributed by atoms with E-state index in [1.54, 1.807) is 24.3 Å². The van der Waals surface area contributed by atoms with Crippen molar-refractivity contribution in [1.29, 1.82) is 0 Å². The molecule has 0 radical (unpaired) electrons. The van der Waals surface area contributed by atoms with Gasteiger partial charge in [-0.25, -0.2) is 0 Å². The zero-order valence-corrected chi connectivity index (χ0v) is 15.7. The monoisotopic (exact) mass is 361 g/mol. The van der Waals surface area contributed by atoms with Crippen molar-refractivity contribution in [1.82, 2.24) is 14.7 Å². The van der Waals surface area contributed by atoms with Crippen LogP contribution in [0.3, 0.4) is 0 Å². The topological polar surface area (TPSA) is 47.4 Å². The standard InChI is InChI=1S/C19H24ClN3O2/c1-19(2,25-17-8-6-16(20)7-9-17)18(24)23-10-4-5-14(13-23)15-11-21-22(3)12-15/h6-9,11-12,14H,4-5,10,13H2,1-3H3. The van der Waals surface area contributed by atoms with E-state index in [2.05, 4.69) is 5.10 Å². The van der Waals surface area contributed by atoms with E-state index >= 15 is 0 Å². The maximum atomic E-state index is 13.0. The Morgan fingerprint density at radius 2 is 2.04 bits per heavy atom. The number of carbonyl (C=O) groups is 1. The predicted molar refractivity (Wildman–Crippen MR) is 97.9 cm³/mol. The van der Waals surface area contributed by atoms with Crippen molar-refractivity contribution >= 4 is 17.5 Å². The number of aromatic nitrogens is 2. The lowest BCUT2D eigenvalue weighted by molar-refractivity contribution is -0.146. The fraction of sp³-hybridized carbons (Fsp3) is 0.474. The summed E-state index contributed by atoms with van der Waals surface area (Å²) in [5, 5.41) is 4.90. The fourth-order valence-corrected chi connectivity index (χ4v) is 3.43. The van der Waals surface area contributed by atoms with Gasteiger partial charge in [-0.2, -0.15) is 5.10 Å². The van der Waals surface area contributed by atoms with E-state index in [1.807, 2.05) is 42.9 Å². The molecule has 1 aromatic carbocycles. The summed E-state index contributed by atoms with van der Waals surface area (Å²) in [7, 11) is 1.91. The number of nitrogens with zero attached hydrogens (tertiary/aromatic N) is 3. The van der Waals surface area contributed by atoms with Crippen molar-refractivity contribution in [2.45, 2.75) is 38.2 Å². The van der Waals surface area contributed by atoms with Crippen molar-refractivity contribution in [3.8, 4) is 5.75 Å². The minimum atomic E-state index is -0.926. The highest BCUT2D eigenvalue weighted by Gasteiger charge is 2.36.